The highest BCUT2D eigenvalue weighted by molar-refractivity contribution is 7.89. The highest BCUT2D eigenvalue weighted by atomic mass is 32.2. The van der Waals surface area contributed by atoms with Gasteiger partial charge in [0, 0.05) is 18.7 Å². The first-order valence-electron chi connectivity index (χ1n) is 9.51. The third kappa shape index (κ3) is 4.22. The summed E-state index contributed by atoms with van der Waals surface area (Å²) in [4.78, 5) is 13.2. The fourth-order valence-corrected chi connectivity index (χ4v) is 5.43. The van der Waals surface area contributed by atoms with E-state index in [4.69, 9.17) is 14.2 Å². The molecular formula is C21H26N2O6S. The molecule has 162 valence electrons. The molecule has 1 unspecified atom stereocenters. The maximum Gasteiger partial charge on any atom is 0.244 e. The number of anilines is 1. The van der Waals surface area contributed by atoms with Gasteiger partial charge in [-0.15, -0.1) is 0 Å². The van der Waals surface area contributed by atoms with Crippen molar-refractivity contribution in [2.24, 2.45) is 0 Å². The molecule has 1 aliphatic heterocycles. The third-order valence-electron chi connectivity index (χ3n) is 5.15. The average molecular weight is 435 g/mol. The van der Waals surface area contributed by atoms with Crippen molar-refractivity contribution < 1.29 is 27.4 Å². The van der Waals surface area contributed by atoms with Crippen LogP contribution in [0.3, 0.4) is 0 Å². The molecule has 0 radical (unpaired) electrons. The van der Waals surface area contributed by atoms with Gasteiger partial charge in [-0.2, -0.15) is 4.31 Å². The van der Waals surface area contributed by atoms with Crippen molar-refractivity contribution in [1.82, 2.24) is 4.31 Å². The van der Waals surface area contributed by atoms with Crippen LogP contribution in [-0.2, 0) is 14.8 Å². The van der Waals surface area contributed by atoms with E-state index in [2.05, 4.69) is 5.32 Å². The second-order valence-electron chi connectivity index (χ2n) is 6.96. The Kier molecular flexibility index (Phi) is 6.52. The molecule has 1 heterocycles. The van der Waals surface area contributed by atoms with Gasteiger partial charge in [-0.1, -0.05) is 6.07 Å². The Bertz CT molecular complexity index is 1040. The zero-order valence-electron chi connectivity index (χ0n) is 17.5. The molecule has 0 bridgehead atoms. The standard InChI is InChI=1S/C21H26N2O6S/c1-14-7-8-16(28-3)13-20(14)30(25,26)23-11-5-6-18(23)21(24)22-17-12-15(27-2)9-10-19(17)29-4/h7-10,12-13,18H,5-6,11H2,1-4H3,(H,22,24). The van der Waals surface area contributed by atoms with Gasteiger partial charge < -0.3 is 19.5 Å². The number of nitrogens with zero attached hydrogens (tertiary/aromatic N) is 1. The van der Waals surface area contributed by atoms with Crippen LogP contribution in [0, 0.1) is 6.92 Å². The first-order chi connectivity index (χ1) is 14.3. The molecule has 8 nitrogen and oxygen atoms in total. The van der Waals surface area contributed by atoms with E-state index in [0.29, 0.717) is 41.3 Å². The Labute approximate surface area is 176 Å². The van der Waals surface area contributed by atoms with E-state index < -0.39 is 22.0 Å². The van der Waals surface area contributed by atoms with Crippen LogP contribution < -0.4 is 19.5 Å². The van der Waals surface area contributed by atoms with Gasteiger partial charge in [0.15, 0.2) is 0 Å². The number of nitrogens with one attached hydrogen (secondary N) is 1. The minimum absolute atomic E-state index is 0.139. The van der Waals surface area contributed by atoms with Crippen LogP contribution >= 0.6 is 0 Å². The van der Waals surface area contributed by atoms with Crippen molar-refractivity contribution >= 4 is 21.6 Å². The van der Waals surface area contributed by atoms with Gasteiger partial charge >= 0.3 is 0 Å². The van der Waals surface area contributed by atoms with Crippen molar-refractivity contribution in [3.8, 4) is 17.2 Å². The van der Waals surface area contributed by atoms with Crippen LogP contribution in [0.4, 0.5) is 5.69 Å². The molecule has 1 atom stereocenters. The number of methoxy groups -OCH3 is 3. The molecule has 0 aliphatic carbocycles. The quantitative estimate of drug-likeness (QED) is 0.720. The molecule has 0 saturated carbocycles. The maximum absolute atomic E-state index is 13.4. The fourth-order valence-electron chi connectivity index (χ4n) is 3.53. The lowest BCUT2D eigenvalue weighted by Gasteiger charge is -2.24. The Balaban J connectivity index is 1.90. The number of carbonyl (C=O) groups is 1. The van der Waals surface area contributed by atoms with Gasteiger partial charge in [-0.05, 0) is 43.5 Å². The SMILES string of the molecule is COc1ccc(OC)c(NC(=O)C2CCCN2S(=O)(=O)c2cc(OC)ccc2C)c1. The topological polar surface area (TPSA) is 94.2 Å². The summed E-state index contributed by atoms with van der Waals surface area (Å²) in [6.07, 6.45) is 1.02. The first-order valence-corrected chi connectivity index (χ1v) is 10.9. The molecule has 2 aromatic rings. The number of aryl methyl sites for hydroxylation is 1. The maximum atomic E-state index is 13.4. The van der Waals surface area contributed by atoms with Crippen LogP contribution in [0.25, 0.3) is 0 Å². The zero-order valence-corrected chi connectivity index (χ0v) is 18.3. The van der Waals surface area contributed by atoms with Crippen LogP contribution in [0.15, 0.2) is 41.3 Å². The van der Waals surface area contributed by atoms with E-state index in [1.807, 2.05) is 0 Å². The Morgan fingerprint density at radius 1 is 1.03 bits per heavy atom. The molecule has 3 rings (SSSR count). The van der Waals surface area contributed by atoms with Gasteiger partial charge in [-0.3, -0.25) is 4.79 Å². The number of sulfonamides is 1. The molecule has 1 fully saturated rings. The fraction of sp³-hybridized carbons (Fsp3) is 0.381. The summed E-state index contributed by atoms with van der Waals surface area (Å²) >= 11 is 0. The smallest absolute Gasteiger partial charge is 0.244 e. The van der Waals surface area contributed by atoms with Gasteiger partial charge in [-0.25, -0.2) is 8.42 Å². The first kappa shape index (κ1) is 21.9. The molecule has 1 N–H and O–H groups in total. The number of amides is 1. The van der Waals surface area contributed by atoms with E-state index in [-0.39, 0.29) is 11.4 Å². The highest BCUT2D eigenvalue weighted by Gasteiger charge is 2.40. The van der Waals surface area contributed by atoms with Gasteiger partial charge in [0.25, 0.3) is 0 Å². The molecule has 0 aromatic heterocycles. The summed E-state index contributed by atoms with van der Waals surface area (Å²) in [6.45, 7) is 1.99. The van der Waals surface area contributed by atoms with Gasteiger partial charge in [0.2, 0.25) is 15.9 Å². The summed E-state index contributed by atoms with van der Waals surface area (Å²) < 4.78 is 43.7. The number of ether oxygens (including phenoxy) is 3. The van der Waals surface area contributed by atoms with Crippen molar-refractivity contribution in [1.29, 1.82) is 0 Å². The second kappa shape index (κ2) is 8.93. The molecule has 1 aliphatic rings. The van der Waals surface area contributed by atoms with E-state index in [9.17, 15) is 13.2 Å². The lowest BCUT2D eigenvalue weighted by Crippen LogP contribution is -2.43. The predicted octanol–water partition coefficient (Wildman–Crippen LogP) is 2.81. The van der Waals surface area contributed by atoms with Gasteiger partial charge in [0.05, 0.1) is 31.9 Å². The second-order valence-corrected chi connectivity index (χ2v) is 8.82. The molecular weight excluding hydrogens is 408 g/mol. The predicted molar refractivity (Wildman–Crippen MR) is 113 cm³/mol. The molecule has 9 heteroatoms. The number of hydrogen-bond donors (Lipinski definition) is 1. The van der Waals surface area contributed by atoms with Crippen molar-refractivity contribution in [2.45, 2.75) is 30.7 Å². The third-order valence-corrected chi connectivity index (χ3v) is 7.20. The van der Waals surface area contributed by atoms with Crippen molar-refractivity contribution in [3.05, 3.63) is 42.0 Å². The summed E-state index contributed by atoms with van der Waals surface area (Å²) in [5.74, 6) is 1.04. The van der Waals surface area contributed by atoms with Crippen molar-refractivity contribution in [2.75, 3.05) is 33.2 Å². The lowest BCUT2D eigenvalue weighted by atomic mass is 10.2. The van der Waals surface area contributed by atoms with E-state index >= 15 is 0 Å². The molecule has 2 aromatic carbocycles. The molecule has 1 amide bonds. The van der Waals surface area contributed by atoms with Crippen LogP contribution in [0.2, 0.25) is 0 Å². The summed E-state index contributed by atoms with van der Waals surface area (Å²) in [7, 11) is 0.619. The summed E-state index contributed by atoms with van der Waals surface area (Å²) in [6, 6.07) is 9.09. The van der Waals surface area contributed by atoms with Crippen molar-refractivity contribution in [3.63, 3.8) is 0 Å². The average Bonchev–Trinajstić information content (AvgIpc) is 3.25. The van der Waals surface area contributed by atoms with Crippen LogP contribution in [0.1, 0.15) is 18.4 Å². The zero-order chi connectivity index (χ0) is 21.9. The Morgan fingerprint density at radius 3 is 2.37 bits per heavy atom. The molecule has 0 spiro atoms. The molecule has 1 saturated heterocycles. The lowest BCUT2D eigenvalue weighted by molar-refractivity contribution is -0.119. The summed E-state index contributed by atoms with van der Waals surface area (Å²) in [5, 5.41) is 2.79. The monoisotopic (exact) mass is 434 g/mol. The van der Waals surface area contributed by atoms with Crippen LogP contribution in [-0.4, -0.2) is 52.5 Å². The Hall–Kier alpha value is -2.78. The largest absolute Gasteiger partial charge is 0.497 e. The number of rotatable bonds is 7. The number of benzene rings is 2. The minimum Gasteiger partial charge on any atom is -0.497 e. The number of hydrogen-bond acceptors (Lipinski definition) is 6. The summed E-state index contributed by atoms with van der Waals surface area (Å²) in [5.41, 5.74) is 1.01. The molecule has 30 heavy (non-hydrogen) atoms. The van der Waals surface area contributed by atoms with Gasteiger partial charge in [0.1, 0.15) is 23.3 Å². The van der Waals surface area contributed by atoms with E-state index in [1.165, 1.54) is 31.7 Å². The normalized spacial score (nSPS) is 16.9. The van der Waals surface area contributed by atoms with Crippen LogP contribution in [0.5, 0.6) is 17.2 Å². The van der Waals surface area contributed by atoms with E-state index in [0.717, 1.165) is 0 Å². The Morgan fingerprint density at radius 2 is 1.70 bits per heavy atom. The van der Waals surface area contributed by atoms with E-state index in [1.54, 1.807) is 37.3 Å². The number of carbonyl (C=O) groups excluding carboxylic acids is 1. The minimum atomic E-state index is -3.88. The highest BCUT2D eigenvalue weighted by Crippen LogP contribution is 2.33.